The first-order valence-electron chi connectivity index (χ1n) is 5.47. The summed E-state index contributed by atoms with van der Waals surface area (Å²) in [5.74, 6) is 6.06. The molecule has 1 unspecified atom stereocenters. The van der Waals surface area contributed by atoms with Crippen LogP contribution >= 0.6 is 22.9 Å². The van der Waals surface area contributed by atoms with Gasteiger partial charge in [0.1, 0.15) is 0 Å². The van der Waals surface area contributed by atoms with Gasteiger partial charge in [0.25, 0.3) is 0 Å². The van der Waals surface area contributed by atoms with Crippen molar-refractivity contribution in [1.82, 2.24) is 15.0 Å². The van der Waals surface area contributed by atoms with Gasteiger partial charge >= 0.3 is 0 Å². The van der Waals surface area contributed by atoms with Crippen molar-refractivity contribution in [1.29, 1.82) is 0 Å². The number of hydrazine groups is 1. The molecule has 2 aromatic rings. The Balaban J connectivity index is 2.43. The van der Waals surface area contributed by atoms with Gasteiger partial charge in [-0.2, -0.15) is 0 Å². The standard InChI is InChI=1S/C11H16N4S2/c1-6(2)9-11(17-15-14-9)10(13-12)8-4-5-16-7(8)3/h4-6,10,13H,12H2,1-3H3. The predicted molar refractivity (Wildman–Crippen MR) is 72.2 cm³/mol. The van der Waals surface area contributed by atoms with Crippen LogP contribution in [0.25, 0.3) is 0 Å². The molecule has 0 saturated heterocycles. The van der Waals surface area contributed by atoms with Crippen molar-refractivity contribution in [3.8, 4) is 0 Å². The number of aromatic nitrogens is 2. The number of hydrogen-bond acceptors (Lipinski definition) is 6. The largest absolute Gasteiger partial charge is 0.271 e. The molecule has 0 saturated carbocycles. The van der Waals surface area contributed by atoms with Crippen LogP contribution in [0.2, 0.25) is 0 Å². The third kappa shape index (κ3) is 2.40. The number of nitrogens with zero attached hydrogens (tertiary/aromatic N) is 2. The number of rotatable bonds is 4. The van der Waals surface area contributed by atoms with E-state index in [4.69, 9.17) is 5.84 Å². The Bertz CT molecular complexity index is 489. The lowest BCUT2D eigenvalue weighted by Crippen LogP contribution is -2.29. The minimum Gasteiger partial charge on any atom is -0.271 e. The predicted octanol–water partition coefficient (Wildman–Crippen LogP) is 2.58. The van der Waals surface area contributed by atoms with Crippen LogP contribution in [0.4, 0.5) is 0 Å². The van der Waals surface area contributed by atoms with Crippen molar-refractivity contribution < 1.29 is 0 Å². The SMILES string of the molecule is Cc1sccc1C(NN)c1snnc1C(C)C. The van der Waals surface area contributed by atoms with Crippen molar-refractivity contribution >= 4 is 22.9 Å². The molecular formula is C11H16N4S2. The van der Waals surface area contributed by atoms with E-state index >= 15 is 0 Å². The first-order valence-corrected chi connectivity index (χ1v) is 7.12. The van der Waals surface area contributed by atoms with E-state index in [0.29, 0.717) is 5.92 Å². The van der Waals surface area contributed by atoms with Gasteiger partial charge in [0.2, 0.25) is 0 Å². The average Bonchev–Trinajstić information content (AvgIpc) is 2.90. The minimum atomic E-state index is -0.00125. The van der Waals surface area contributed by atoms with Gasteiger partial charge in [-0.05, 0) is 41.4 Å². The van der Waals surface area contributed by atoms with Crippen LogP contribution in [0.1, 0.15) is 46.8 Å². The lowest BCUT2D eigenvalue weighted by atomic mass is 10.0. The molecular weight excluding hydrogens is 252 g/mol. The van der Waals surface area contributed by atoms with Crippen LogP contribution < -0.4 is 11.3 Å². The summed E-state index contributed by atoms with van der Waals surface area (Å²) in [4.78, 5) is 2.39. The topological polar surface area (TPSA) is 63.8 Å². The Morgan fingerprint density at radius 3 is 2.71 bits per heavy atom. The van der Waals surface area contributed by atoms with E-state index in [-0.39, 0.29) is 6.04 Å². The number of aryl methyl sites for hydroxylation is 1. The first kappa shape index (κ1) is 12.6. The third-order valence-corrected chi connectivity index (χ3v) is 4.39. The maximum Gasteiger partial charge on any atom is 0.0848 e. The van der Waals surface area contributed by atoms with Crippen LogP contribution in [0.3, 0.4) is 0 Å². The summed E-state index contributed by atoms with van der Waals surface area (Å²) in [6, 6.07) is 2.10. The fraction of sp³-hybridized carbons (Fsp3) is 0.455. The van der Waals surface area contributed by atoms with E-state index in [9.17, 15) is 0 Å². The number of thiophene rings is 1. The summed E-state index contributed by atoms with van der Waals surface area (Å²) in [5.41, 5.74) is 5.12. The molecule has 0 radical (unpaired) electrons. The molecule has 6 heteroatoms. The summed E-state index contributed by atoms with van der Waals surface area (Å²) < 4.78 is 4.05. The quantitative estimate of drug-likeness (QED) is 0.661. The van der Waals surface area contributed by atoms with Gasteiger partial charge < -0.3 is 0 Å². The van der Waals surface area contributed by atoms with Gasteiger partial charge in [-0.15, -0.1) is 16.4 Å². The highest BCUT2D eigenvalue weighted by Crippen LogP contribution is 2.33. The lowest BCUT2D eigenvalue weighted by Gasteiger charge is -2.16. The molecule has 0 fully saturated rings. The maximum atomic E-state index is 5.70. The van der Waals surface area contributed by atoms with E-state index in [1.165, 1.54) is 22.0 Å². The number of hydrogen-bond donors (Lipinski definition) is 2. The van der Waals surface area contributed by atoms with Gasteiger partial charge in [-0.1, -0.05) is 18.3 Å². The monoisotopic (exact) mass is 268 g/mol. The molecule has 0 bridgehead atoms. The fourth-order valence-corrected chi connectivity index (χ4v) is 3.43. The third-order valence-electron chi connectivity index (χ3n) is 2.73. The Morgan fingerprint density at radius 2 is 2.18 bits per heavy atom. The molecule has 0 aliphatic heterocycles. The zero-order chi connectivity index (χ0) is 12.4. The highest BCUT2D eigenvalue weighted by molar-refractivity contribution is 7.10. The van der Waals surface area contributed by atoms with Gasteiger partial charge in [0.15, 0.2) is 0 Å². The lowest BCUT2D eigenvalue weighted by molar-refractivity contribution is 0.631. The van der Waals surface area contributed by atoms with Crippen molar-refractivity contribution in [2.75, 3.05) is 0 Å². The van der Waals surface area contributed by atoms with E-state index in [1.54, 1.807) is 11.3 Å². The van der Waals surface area contributed by atoms with Crippen molar-refractivity contribution in [2.24, 2.45) is 5.84 Å². The molecule has 0 amide bonds. The second-order valence-corrected chi connectivity index (χ2v) is 6.11. The molecule has 0 aliphatic carbocycles. The average molecular weight is 268 g/mol. The van der Waals surface area contributed by atoms with Crippen LogP contribution in [0.5, 0.6) is 0 Å². The second kappa shape index (κ2) is 5.22. The van der Waals surface area contributed by atoms with E-state index < -0.39 is 0 Å². The van der Waals surface area contributed by atoms with Crippen LogP contribution in [0, 0.1) is 6.92 Å². The summed E-state index contributed by atoms with van der Waals surface area (Å²) in [5, 5.41) is 6.28. The van der Waals surface area contributed by atoms with E-state index in [0.717, 1.165) is 10.6 Å². The van der Waals surface area contributed by atoms with Crippen LogP contribution in [-0.4, -0.2) is 9.59 Å². The van der Waals surface area contributed by atoms with Crippen LogP contribution in [-0.2, 0) is 0 Å². The molecule has 0 spiro atoms. The summed E-state index contributed by atoms with van der Waals surface area (Å²) >= 11 is 3.15. The van der Waals surface area contributed by atoms with Crippen LogP contribution in [0.15, 0.2) is 11.4 Å². The number of nitrogens with two attached hydrogens (primary N) is 1. The van der Waals surface area contributed by atoms with Gasteiger partial charge in [0, 0.05) is 4.88 Å². The highest BCUT2D eigenvalue weighted by Gasteiger charge is 2.23. The molecule has 92 valence electrons. The molecule has 2 rings (SSSR count). The van der Waals surface area contributed by atoms with Crippen molar-refractivity contribution in [2.45, 2.75) is 32.7 Å². The summed E-state index contributed by atoms with van der Waals surface area (Å²) in [7, 11) is 0. The van der Waals surface area contributed by atoms with E-state index in [2.05, 4.69) is 47.2 Å². The molecule has 17 heavy (non-hydrogen) atoms. The van der Waals surface area contributed by atoms with Crippen molar-refractivity contribution in [3.63, 3.8) is 0 Å². The molecule has 0 aliphatic rings. The number of nitrogens with one attached hydrogen (secondary N) is 1. The molecule has 4 nitrogen and oxygen atoms in total. The van der Waals surface area contributed by atoms with E-state index in [1.807, 2.05) is 0 Å². The normalized spacial score (nSPS) is 13.2. The van der Waals surface area contributed by atoms with Crippen molar-refractivity contribution in [3.05, 3.63) is 32.5 Å². The molecule has 2 aromatic heterocycles. The summed E-state index contributed by atoms with van der Waals surface area (Å²) in [6.07, 6.45) is 0. The molecule has 1 atom stereocenters. The zero-order valence-corrected chi connectivity index (χ0v) is 11.7. The Kier molecular flexibility index (Phi) is 3.88. The first-order chi connectivity index (χ1) is 8.15. The second-order valence-electron chi connectivity index (χ2n) is 4.21. The van der Waals surface area contributed by atoms with Gasteiger partial charge in [-0.3, -0.25) is 5.84 Å². The maximum absolute atomic E-state index is 5.70. The molecule has 0 aromatic carbocycles. The molecule has 3 N–H and O–H groups in total. The Labute approximate surface area is 109 Å². The summed E-state index contributed by atoms with van der Waals surface area (Å²) in [6.45, 7) is 6.34. The zero-order valence-electron chi connectivity index (χ0n) is 10.1. The minimum absolute atomic E-state index is 0.00125. The fourth-order valence-electron chi connectivity index (χ4n) is 1.81. The Hall–Kier alpha value is -0.820. The highest BCUT2D eigenvalue weighted by atomic mass is 32.1. The molecule has 2 heterocycles. The smallest absolute Gasteiger partial charge is 0.0848 e. The van der Waals surface area contributed by atoms with Gasteiger partial charge in [0.05, 0.1) is 16.6 Å². The Morgan fingerprint density at radius 1 is 1.41 bits per heavy atom. The van der Waals surface area contributed by atoms with Gasteiger partial charge in [-0.25, -0.2) is 5.43 Å².